The van der Waals surface area contributed by atoms with E-state index < -0.39 is 0 Å². The van der Waals surface area contributed by atoms with Gasteiger partial charge in [0.05, 0.1) is 14.5 Å². The lowest BCUT2D eigenvalue weighted by Crippen LogP contribution is -2.03. The molecule has 0 saturated carbocycles. The molecule has 3 nitrogen and oxygen atoms in total. The average molecular weight is 454 g/mol. The summed E-state index contributed by atoms with van der Waals surface area (Å²) in [4.78, 5) is 12.9. The van der Waals surface area contributed by atoms with Crippen molar-refractivity contribution in [1.82, 2.24) is 0 Å². The van der Waals surface area contributed by atoms with E-state index >= 15 is 0 Å². The van der Waals surface area contributed by atoms with E-state index in [2.05, 4.69) is 31.9 Å². The van der Waals surface area contributed by atoms with Crippen molar-refractivity contribution in [1.29, 1.82) is 0 Å². The molecule has 1 N–H and O–H groups in total. The van der Waals surface area contributed by atoms with E-state index in [4.69, 9.17) is 4.42 Å². The zero-order valence-corrected chi connectivity index (χ0v) is 16.9. The number of phenolic OH excluding ortho intramolecular Hbond substituents is 1. The van der Waals surface area contributed by atoms with E-state index in [-0.39, 0.29) is 11.5 Å². The van der Waals surface area contributed by atoms with Gasteiger partial charge in [0, 0.05) is 17.4 Å². The Balaban J connectivity index is 0.00000100. The van der Waals surface area contributed by atoms with Gasteiger partial charge in [0.1, 0.15) is 17.1 Å². The van der Waals surface area contributed by atoms with Crippen LogP contribution in [0.5, 0.6) is 5.75 Å². The van der Waals surface area contributed by atoms with Gasteiger partial charge in [-0.2, -0.15) is 0 Å². The maximum atomic E-state index is 12.9. The highest BCUT2D eigenvalue weighted by Crippen LogP contribution is 2.35. The Morgan fingerprint density at radius 3 is 2.29 bits per heavy atom. The van der Waals surface area contributed by atoms with Crippen LogP contribution in [0.25, 0.3) is 11.0 Å². The summed E-state index contributed by atoms with van der Waals surface area (Å²) in [5.41, 5.74) is 1.78. The number of aromatic hydroxyl groups is 1. The number of hydrogen-bond donors (Lipinski definition) is 1. The lowest BCUT2D eigenvalue weighted by molar-refractivity contribution is 0.103. The number of ketones is 1. The van der Waals surface area contributed by atoms with Gasteiger partial charge in [-0.1, -0.05) is 39.0 Å². The van der Waals surface area contributed by atoms with Gasteiger partial charge in [-0.05, 0) is 50.1 Å². The number of benzene rings is 2. The van der Waals surface area contributed by atoms with E-state index in [1.165, 1.54) is 0 Å². The van der Waals surface area contributed by atoms with Gasteiger partial charge in [-0.3, -0.25) is 4.79 Å². The van der Waals surface area contributed by atoms with Crippen LogP contribution in [-0.2, 0) is 6.42 Å². The summed E-state index contributed by atoms with van der Waals surface area (Å²) in [6.45, 7) is 5.96. The third kappa shape index (κ3) is 3.42. The molecule has 1 heterocycles. The number of furan rings is 1. The van der Waals surface area contributed by atoms with Crippen LogP contribution in [-0.4, -0.2) is 10.9 Å². The molecule has 2 aromatic carbocycles. The first-order chi connectivity index (χ1) is 11.5. The highest BCUT2D eigenvalue weighted by molar-refractivity contribution is 9.11. The van der Waals surface area contributed by atoms with Gasteiger partial charge in [0.2, 0.25) is 0 Å². The number of halogens is 2. The molecule has 0 aliphatic rings. The monoisotopic (exact) mass is 452 g/mol. The van der Waals surface area contributed by atoms with Crippen LogP contribution in [0.4, 0.5) is 0 Å². The summed E-state index contributed by atoms with van der Waals surface area (Å²) in [5.74, 6) is 0.624. The Bertz CT molecular complexity index is 858. The average Bonchev–Trinajstić information content (AvgIpc) is 2.98. The number of hydrogen-bond acceptors (Lipinski definition) is 3. The van der Waals surface area contributed by atoms with Crippen molar-refractivity contribution in [2.75, 3.05) is 0 Å². The van der Waals surface area contributed by atoms with Crippen molar-refractivity contribution in [2.24, 2.45) is 0 Å². The number of rotatable bonds is 3. The maximum Gasteiger partial charge on any atom is 0.197 e. The van der Waals surface area contributed by atoms with Crippen molar-refractivity contribution in [3.8, 4) is 5.75 Å². The number of carbonyl (C=O) groups is 1. The fourth-order valence-corrected chi connectivity index (χ4v) is 3.62. The molecule has 0 radical (unpaired) electrons. The van der Waals surface area contributed by atoms with Gasteiger partial charge < -0.3 is 9.52 Å². The predicted molar refractivity (Wildman–Crippen MR) is 104 cm³/mol. The minimum atomic E-state index is -0.122. The summed E-state index contributed by atoms with van der Waals surface area (Å²) in [5, 5.41) is 10.6. The molecule has 0 aliphatic carbocycles. The SMILES string of the molecule is CC.CCc1oc2ccccc2c1C(=O)c1cc(Br)c(O)c(Br)c1. The molecule has 24 heavy (non-hydrogen) atoms. The highest BCUT2D eigenvalue weighted by Gasteiger charge is 2.22. The second-order valence-electron chi connectivity index (χ2n) is 4.87. The molecule has 1 aromatic heterocycles. The molecular weight excluding hydrogens is 436 g/mol. The molecular formula is C19H18Br2O3. The quantitative estimate of drug-likeness (QED) is 0.461. The number of fused-ring (bicyclic) bond motifs is 1. The third-order valence-corrected chi connectivity index (χ3v) is 4.70. The number of para-hydroxylation sites is 1. The van der Waals surface area contributed by atoms with Gasteiger partial charge in [-0.15, -0.1) is 0 Å². The van der Waals surface area contributed by atoms with Crippen molar-refractivity contribution in [3.05, 3.63) is 62.2 Å². The molecule has 0 atom stereocenters. The Morgan fingerprint density at radius 1 is 1.12 bits per heavy atom. The molecule has 0 fully saturated rings. The topological polar surface area (TPSA) is 50.4 Å². The Labute approximate surface area is 157 Å². The highest BCUT2D eigenvalue weighted by atomic mass is 79.9. The van der Waals surface area contributed by atoms with Crippen LogP contribution >= 0.6 is 31.9 Å². The lowest BCUT2D eigenvalue weighted by atomic mass is 9.99. The minimum absolute atomic E-state index is 0.0734. The third-order valence-electron chi connectivity index (χ3n) is 3.50. The van der Waals surface area contributed by atoms with Gasteiger partial charge in [-0.25, -0.2) is 0 Å². The molecule has 0 spiro atoms. The van der Waals surface area contributed by atoms with E-state index in [0.717, 1.165) is 5.39 Å². The first-order valence-corrected chi connectivity index (χ1v) is 9.34. The number of phenols is 1. The predicted octanol–water partition coefficient (Wildman–Crippen LogP) is 6.48. The minimum Gasteiger partial charge on any atom is -0.506 e. The molecule has 5 heteroatoms. The maximum absolute atomic E-state index is 12.9. The molecule has 0 aliphatic heterocycles. The Kier molecular flexibility index (Phi) is 6.24. The zero-order chi connectivity index (χ0) is 17.9. The van der Waals surface area contributed by atoms with Gasteiger partial charge >= 0.3 is 0 Å². The number of aryl methyl sites for hydroxylation is 1. The fourth-order valence-electron chi connectivity index (χ4n) is 2.43. The molecule has 126 valence electrons. The van der Waals surface area contributed by atoms with E-state index in [0.29, 0.717) is 37.8 Å². The molecule has 3 rings (SSSR count). The summed E-state index contributed by atoms with van der Waals surface area (Å²) < 4.78 is 6.72. The van der Waals surface area contributed by atoms with Crippen molar-refractivity contribution < 1.29 is 14.3 Å². The Morgan fingerprint density at radius 2 is 1.71 bits per heavy atom. The second-order valence-corrected chi connectivity index (χ2v) is 6.58. The zero-order valence-electron chi connectivity index (χ0n) is 13.7. The van der Waals surface area contributed by atoms with Crippen molar-refractivity contribution in [3.63, 3.8) is 0 Å². The standard InChI is InChI=1S/C17H12Br2O3.C2H6/c1-2-13-15(10-5-3-4-6-14(10)22-13)16(20)9-7-11(18)17(21)12(19)8-9;1-2/h3-8,21H,2H2,1H3;1-2H3. The molecule has 0 bridgehead atoms. The van der Waals surface area contributed by atoms with Crippen molar-refractivity contribution >= 4 is 48.6 Å². The molecule has 0 amide bonds. The van der Waals surface area contributed by atoms with E-state index in [9.17, 15) is 9.90 Å². The molecule has 0 saturated heterocycles. The van der Waals surface area contributed by atoms with Crippen LogP contribution < -0.4 is 0 Å². The first kappa shape index (κ1) is 18.7. The molecule has 3 aromatic rings. The van der Waals surface area contributed by atoms with Crippen LogP contribution in [0.3, 0.4) is 0 Å². The smallest absolute Gasteiger partial charge is 0.197 e. The van der Waals surface area contributed by atoms with Crippen LogP contribution in [0.15, 0.2) is 49.8 Å². The second kappa shape index (κ2) is 7.99. The molecule has 0 unspecified atom stereocenters. The lowest BCUT2D eigenvalue weighted by Gasteiger charge is -2.06. The summed E-state index contributed by atoms with van der Waals surface area (Å²) >= 11 is 6.52. The first-order valence-electron chi connectivity index (χ1n) is 7.76. The summed E-state index contributed by atoms with van der Waals surface area (Å²) in [6, 6.07) is 10.7. The van der Waals surface area contributed by atoms with Gasteiger partial charge in [0.25, 0.3) is 0 Å². The Hall–Kier alpha value is -1.59. The van der Waals surface area contributed by atoms with E-state index in [1.807, 2.05) is 45.0 Å². The van der Waals surface area contributed by atoms with Crippen LogP contribution in [0, 0.1) is 0 Å². The van der Waals surface area contributed by atoms with Crippen LogP contribution in [0.2, 0.25) is 0 Å². The largest absolute Gasteiger partial charge is 0.506 e. The van der Waals surface area contributed by atoms with Crippen LogP contribution in [0.1, 0.15) is 42.5 Å². The van der Waals surface area contributed by atoms with Crippen molar-refractivity contribution in [2.45, 2.75) is 27.2 Å². The fraction of sp³-hybridized carbons (Fsp3) is 0.211. The summed E-state index contributed by atoms with van der Waals surface area (Å²) in [6.07, 6.45) is 0.635. The number of carbonyl (C=O) groups excluding carboxylic acids is 1. The normalized spacial score (nSPS) is 10.4. The summed E-state index contributed by atoms with van der Waals surface area (Å²) in [7, 11) is 0. The van der Waals surface area contributed by atoms with Gasteiger partial charge in [0.15, 0.2) is 5.78 Å². The van der Waals surface area contributed by atoms with E-state index in [1.54, 1.807) is 12.1 Å².